The first kappa shape index (κ1) is 16.4. The Morgan fingerprint density at radius 2 is 1.23 bits per heavy atom. The topological polar surface area (TPSA) is 81.9 Å². The van der Waals surface area contributed by atoms with Crippen LogP contribution in [-0.4, -0.2) is 13.0 Å². The van der Waals surface area contributed by atoms with Crippen LogP contribution in [0.2, 0.25) is 0 Å². The highest BCUT2D eigenvalue weighted by atomic mass is 32.2. The lowest BCUT2D eigenvalue weighted by Crippen LogP contribution is -1.97. The first-order valence-corrected chi connectivity index (χ1v) is 9.31. The average molecular weight is 361 g/mol. The maximum Gasteiger partial charge on any atom is 0.124 e. The number of benzene rings is 4. The van der Waals surface area contributed by atoms with Crippen LogP contribution in [0.15, 0.2) is 94.0 Å². The molecule has 4 aromatic carbocycles. The van der Waals surface area contributed by atoms with Crippen LogP contribution in [0.4, 0.5) is 11.4 Å². The van der Waals surface area contributed by atoms with E-state index in [9.17, 15) is 13.0 Å². The molecule has 0 unspecified atom stereocenters. The maximum absolute atomic E-state index is 11.2. The molecule has 0 N–H and O–H groups in total. The van der Waals surface area contributed by atoms with Crippen molar-refractivity contribution in [1.29, 1.82) is 0 Å². The lowest BCUT2D eigenvalue weighted by Gasteiger charge is -2.08. The summed E-state index contributed by atoms with van der Waals surface area (Å²) in [5, 5.41) is 12.1. The molecule has 0 aromatic heterocycles. The molecule has 4 aromatic rings. The number of fused-ring (bicyclic) bond motifs is 2. The first-order valence-electron chi connectivity index (χ1n) is 7.90. The largest absolute Gasteiger partial charge is 0.744 e. The van der Waals surface area contributed by atoms with Crippen molar-refractivity contribution < 1.29 is 13.0 Å². The van der Waals surface area contributed by atoms with Gasteiger partial charge in [-0.25, -0.2) is 8.42 Å². The number of nitrogens with zero attached hydrogens (tertiary/aromatic N) is 2. The molecule has 0 aliphatic rings. The fourth-order valence-corrected chi connectivity index (χ4v) is 3.40. The Kier molecular flexibility index (Phi) is 3.99. The summed E-state index contributed by atoms with van der Waals surface area (Å²) in [6.45, 7) is 0. The second kappa shape index (κ2) is 6.33. The van der Waals surface area contributed by atoms with E-state index < -0.39 is 10.1 Å². The lowest BCUT2D eigenvalue weighted by atomic mass is 10.1. The molecular formula is C20H13N2O3S-. The predicted octanol–water partition coefficient (Wildman–Crippen LogP) is 5.31. The van der Waals surface area contributed by atoms with E-state index in [2.05, 4.69) is 10.2 Å². The molecule has 0 aliphatic carbocycles. The van der Waals surface area contributed by atoms with Crippen LogP contribution in [0, 0.1) is 0 Å². The van der Waals surface area contributed by atoms with Gasteiger partial charge in [-0.15, -0.1) is 10.2 Å². The van der Waals surface area contributed by atoms with Crippen molar-refractivity contribution in [2.24, 2.45) is 10.2 Å². The van der Waals surface area contributed by atoms with Crippen LogP contribution >= 0.6 is 0 Å². The highest BCUT2D eigenvalue weighted by Gasteiger charge is 2.06. The summed E-state index contributed by atoms with van der Waals surface area (Å²) in [5.74, 6) is 0. The van der Waals surface area contributed by atoms with Crippen molar-refractivity contribution in [3.8, 4) is 0 Å². The quantitative estimate of drug-likeness (QED) is 0.366. The van der Waals surface area contributed by atoms with Crippen molar-refractivity contribution in [2.75, 3.05) is 0 Å². The summed E-state index contributed by atoms with van der Waals surface area (Å²) in [6, 6.07) is 23.2. The SMILES string of the molecule is O=S(=O)([O-])c1ccc2c(N=Nc3cccc4ccccc34)cccc2c1. The standard InChI is InChI=1S/C20H14N2O3S/c23-26(24,25)16-11-12-18-15(13-16)7-4-10-20(18)22-21-19-9-3-6-14-5-1-2-8-17(14)19/h1-13H,(H,23,24,25)/p-1. The normalized spacial score (nSPS) is 12.2. The van der Waals surface area contributed by atoms with E-state index in [0.717, 1.165) is 21.8 Å². The van der Waals surface area contributed by atoms with Gasteiger partial charge in [0.1, 0.15) is 10.1 Å². The minimum atomic E-state index is -4.49. The summed E-state index contributed by atoms with van der Waals surface area (Å²) in [6.07, 6.45) is 0. The monoisotopic (exact) mass is 361 g/mol. The summed E-state index contributed by atoms with van der Waals surface area (Å²) >= 11 is 0. The Bertz CT molecular complexity index is 1260. The number of hydrogen-bond donors (Lipinski definition) is 0. The van der Waals surface area contributed by atoms with Crippen LogP contribution in [0.5, 0.6) is 0 Å². The lowest BCUT2D eigenvalue weighted by molar-refractivity contribution is 0.463. The molecule has 5 nitrogen and oxygen atoms in total. The molecule has 0 atom stereocenters. The van der Waals surface area contributed by atoms with Gasteiger partial charge >= 0.3 is 0 Å². The third-order valence-electron chi connectivity index (χ3n) is 4.15. The maximum atomic E-state index is 11.2. The van der Waals surface area contributed by atoms with Crippen molar-refractivity contribution in [1.82, 2.24) is 0 Å². The predicted molar refractivity (Wildman–Crippen MR) is 100 cm³/mol. The molecular weight excluding hydrogens is 348 g/mol. The van der Waals surface area contributed by atoms with Crippen LogP contribution in [-0.2, 0) is 10.1 Å². The molecule has 0 fully saturated rings. The van der Waals surface area contributed by atoms with Crippen LogP contribution < -0.4 is 0 Å². The zero-order chi connectivity index (χ0) is 18.1. The molecule has 0 bridgehead atoms. The van der Waals surface area contributed by atoms with Crippen LogP contribution in [0.25, 0.3) is 21.5 Å². The smallest absolute Gasteiger partial charge is 0.124 e. The molecule has 0 amide bonds. The highest BCUT2D eigenvalue weighted by molar-refractivity contribution is 7.85. The van der Waals surface area contributed by atoms with Crippen molar-refractivity contribution in [3.05, 3.63) is 78.9 Å². The van der Waals surface area contributed by atoms with Gasteiger partial charge in [-0.1, -0.05) is 54.6 Å². The molecule has 6 heteroatoms. The van der Waals surface area contributed by atoms with Gasteiger partial charge < -0.3 is 4.55 Å². The summed E-state index contributed by atoms with van der Waals surface area (Å²) in [5.41, 5.74) is 1.35. The first-order chi connectivity index (χ1) is 12.5. The van der Waals surface area contributed by atoms with Crippen LogP contribution in [0.1, 0.15) is 0 Å². The second-order valence-electron chi connectivity index (χ2n) is 5.81. The summed E-state index contributed by atoms with van der Waals surface area (Å²) in [4.78, 5) is -0.256. The minimum absolute atomic E-state index is 0.256. The molecule has 0 radical (unpaired) electrons. The van der Waals surface area contributed by atoms with E-state index in [1.165, 1.54) is 12.1 Å². The Hall–Kier alpha value is -3.09. The average Bonchev–Trinajstić information content (AvgIpc) is 2.65. The zero-order valence-corrected chi connectivity index (χ0v) is 14.3. The zero-order valence-electron chi connectivity index (χ0n) is 13.5. The van der Waals surface area contributed by atoms with E-state index in [1.54, 1.807) is 24.3 Å². The number of azo groups is 1. The highest BCUT2D eigenvalue weighted by Crippen LogP contribution is 2.31. The van der Waals surface area contributed by atoms with Gasteiger partial charge in [-0.3, -0.25) is 0 Å². The fraction of sp³-hybridized carbons (Fsp3) is 0. The Labute approximate surface area is 150 Å². The summed E-state index contributed by atoms with van der Waals surface area (Å²) in [7, 11) is -4.49. The van der Waals surface area contributed by atoms with Gasteiger partial charge in [-0.2, -0.15) is 0 Å². The van der Waals surface area contributed by atoms with E-state index in [4.69, 9.17) is 0 Å². The molecule has 0 aliphatic heterocycles. The van der Waals surface area contributed by atoms with Gasteiger partial charge in [0.15, 0.2) is 0 Å². The van der Waals surface area contributed by atoms with Gasteiger partial charge in [0.25, 0.3) is 0 Å². The molecule has 4 rings (SSSR count). The Morgan fingerprint density at radius 1 is 0.654 bits per heavy atom. The van der Waals surface area contributed by atoms with Gasteiger partial charge in [0.2, 0.25) is 0 Å². The van der Waals surface area contributed by atoms with Crippen LogP contribution in [0.3, 0.4) is 0 Å². The van der Waals surface area contributed by atoms with Gasteiger partial charge in [-0.05, 0) is 35.0 Å². The molecule has 0 heterocycles. The third-order valence-corrected chi connectivity index (χ3v) is 4.98. The Morgan fingerprint density at radius 3 is 1.92 bits per heavy atom. The Balaban J connectivity index is 1.81. The van der Waals surface area contributed by atoms with Crippen molar-refractivity contribution in [3.63, 3.8) is 0 Å². The molecule has 128 valence electrons. The molecule has 0 spiro atoms. The third kappa shape index (κ3) is 3.08. The van der Waals surface area contributed by atoms with Gasteiger partial charge in [0.05, 0.1) is 16.3 Å². The molecule has 26 heavy (non-hydrogen) atoms. The van der Waals surface area contributed by atoms with E-state index in [1.807, 2.05) is 42.5 Å². The fourth-order valence-electron chi connectivity index (χ4n) is 2.89. The molecule has 0 saturated carbocycles. The van der Waals surface area contributed by atoms with E-state index in [-0.39, 0.29) is 4.90 Å². The number of rotatable bonds is 3. The van der Waals surface area contributed by atoms with Gasteiger partial charge in [0, 0.05) is 10.8 Å². The summed E-state index contributed by atoms with van der Waals surface area (Å²) < 4.78 is 33.6. The van der Waals surface area contributed by atoms with E-state index in [0.29, 0.717) is 11.1 Å². The van der Waals surface area contributed by atoms with Crippen molar-refractivity contribution >= 4 is 43.0 Å². The second-order valence-corrected chi connectivity index (χ2v) is 7.19. The van der Waals surface area contributed by atoms with Crippen molar-refractivity contribution in [2.45, 2.75) is 4.90 Å². The molecule has 0 saturated heterocycles. The minimum Gasteiger partial charge on any atom is -0.744 e. The van der Waals surface area contributed by atoms with E-state index >= 15 is 0 Å². The number of hydrogen-bond acceptors (Lipinski definition) is 5.